The molecule has 0 spiro atoms. The number of nitrogens with zero attached hydrogens (tertiary/aromatic N) is 2. The quantitative estimate of drug-likeness (QED) is 0.397. The van der Waals surface area contributed by atoms with Crippen molar-refractivity contribution < 1.29 is 14.3 Å². The number of nitrogens with one attached hydrogen (secondary N) is 2. The van der Waals surface area contributed by atoms with Crippen molar-refractivity contribution in [3.8, 4) is 17.0 Å². The van der Waals surface area contributed by atoms with Gasteiger partial charge in [-0.3, -0.25) is 14.4 Å². The predicted octanol–water partition coefficient (Wildman–Crippen LogP) is 3.22. The van der Waals surface area contributed by atoms with Gasteiger partial charge in [0.2, 0.25) is 11.8 Å². The van der Waals surface area contributed by atoms with Crippen molar-refractivity contribution in [2.24, 2.45) is 0 Å². The Morgan fingerprint density at radius 1 is 0.941 bits per heavy atom. The van der Waals surface area contributed by atoms with Gasteiger partial charge in [-0.25, -0.2) is 4.68 Å². The van der Waals surface area contributed by atoms with E-state index in [1.807, 2.05) is 42.5 Å². The number of rotatable bonds is 8. The van der Waals surface area contributed by atoms with Crippen LogP contribution in [0.3, 0.4) is 0 Å². The number of ether oxygens (including phenoxy) is 1. The fourth-order valence-corrected chi connectivity index (χ4v) is 3.43. The monoisotopic (exact) mass is 456 g/mol. The molecule has 0 unspecified atom stereocenters. The lowest BCUT2D eigenvalue weighted by Gasteiger charge is -2.10. The number of anilines is 1. The van der Waals surface area contributed by atoms with Crippen molar-refractivity contribution in [2.75, 3.05) is 18.5 Å². The summed E-state index contributed by atoms with van der Waals surface area (Å²) in [6, 6.07) is 23.9. The van der Waals surface area contributed by atoms with Crippen LogP contribution in [0.4, 0.5) is 5.69 Å². The lowest BCUT2D eigenvalue weighted by molar-refractivity contribution is -0.119. The summed E-state index contributed by atoms with van der Waals surface area (Å²) in [5.74, 6) is 0.131. The number of fused-ring (bicyclic) bond motifs is 1. The van der Waals surface area contributed by atoms with E-state index in [0.717, 1.165) is 21.0 Å². The van der Waals surface area contributed by atoms with Crippen LogP contribution in [0.5, 0.6) is 5.75 Å². The standard InChI is InChI=1S/C26H24N4O4/c1-18(31)27-14-15-34-23-10-8-22(9-11-23)28-25(32)17-30-26(33)13-12-24(29-30)21-7-6-19-4-2-3-5-20(19)16-21/h2-13,16H,14-15,17H2,1H3,(H,27,31)(H,28,32). The Kier molecular flexibility index (Phi) is 6.98. The van der Waals surface area contributed by atoms with E-state index in [-0.39, 0.29) is 23.9 Å². The van der Waals surface area contributed by atoms with Crippen LogP contribution in [0.1, 0.15) is 6.92 Å². The molecule has 8 heteroatoms. The third-order valence-corrected chi connectivity index (χ3v) is 5.09. The SMILES string of the molecule is CC(=O)NCCOc1ccc(NC(=O)Cn2nc(-c3ccc4ccccc4c3)ccc2=O)cc1. The van der Waals surface area contributed by atoms with Gasteiger partial charge < -0.3 is 15.4 Å². The molecule has 2 amide bonds. The van der Waals surface area contributed by atoms with E-state index in [0.29, 0.717) is 30.3 Å². The van der Waals surface area contributed by atoms with E-state index in [1.165, 1.54) is 13.0 Å². The zero-order valence-electron chi connectivity index (χ0n) is 18.7. The number of carbonyl (C=O) groups excluding carboxylic acids is 2. The molecule has 1 heterocycles. The van der Waals surface area contributed by atoms with Crippen LogP contribution >= 0.6 is 0 Å². The van der Waals surface area contributed by atoms with Crippen molar-refractivity contribution in [1.29, 1.82) is 0 Å². The smallest absolute Gasteiger partial charge is 0.267 e. The summed E-state index contributed by atoms with van der Waals surface area (Å²) in [4.78, 5) is 35.7. The fourth-order valence-electron chi connectivity index (χ4n) is 3.43. The summed E-state index contributed by atoms with van der Waals surface area (Å²) < 4.78 is 6.68. The highest BCUT2D eigenvalue weighted by Crippen LogP contribution is 2.22. The lowest BCUT2D eigenvalue weighted by Crippen LogP contribution is -2.29. The van der Waals surface area contributed by atoms with Gasteiger partial charge in [0.05, 0.1) is 12.2 Å². The van der Waals surface area contributed by atoms with Crippen LogP contribution < -0.4 is 20.9 Å². The molecule has 1 aromatic heterocycles. The molecule has 0 aliphatic heterocycles. The van der Waals surface area contributed by atoms with Gasteiger partial charge >= 0.3 is 0 Å². The van der Waals surface area contributed by atoms with Crippen molar-refractivity contribution in [3.05, 3.63) is 89.2 Å². The highest BCUT2D eigenvalue weighted by Gasteiger charge is 2.09. The summed E-state index contributed by atoms with van der Waals surface area (Å²) in [5, 5.41) is 12.0. The molecule has 0 saturated heterocycles. The number of aromatic nitrogens is 2. The Bertz CT molecular complexity index is 1380. The first-order valence-corrected chi connectivity index (χ1v) is 10.8. The summed E-state index contributed by atoms with van der Waals surface area (Å²) in [5.41, 5.74) is 1.68. The van der Waals surface area contributed by atoms with Crippen LogP contribution in [0.2, 0.25) is 0 Å². The fraction of sp³-hybridized carbons (Fsp3) is 0.154. The Hall–Kier alpha value is -4.46. The molecule has 0 aliphatic rings. The van der Waals surface area contributed by atoms with Gasteiger partial charge in [-0.05, 0) is 47.2 Å². The molecule has 0 radical (unpaired) electrons. The number of amides is 2. The normalized spacial score (nSPS) is 10.6. The van der Waals surface area contributed by atoms with E-state index in [4.69, 9.17) is 4.74 Å². The van der Waals surface area contributed by atoms with Crippen LogP contribution in [0.25, 0.3) is 22.0 Å². The first-order chi connectivity index (χ1) is 16.5. The molecule has 3 aromatic carbocycles. The Morgan fingerprint density at radius 2 is 1.71 bits per heavy atom. The van der Waals surface area contributed by atoms with Crippen LogP contribution in [-0.4, -0.2) is 34.7 Å². The highest BCUT2D eigenvalue weighted by molar-refractivity contribution is 5.90. The summed E-state index contributed by atoms with van der Waals surface area (Å²) in [7, 11) is 0. The molecule has 0 atom stereocenters. The first kappa shape index (κ1) is 22.7. The van der Waals surface area contributed by atoms with Crippen molar-refractivity contribution in [1.82, 2.24) is 15.1 Å². The maximum Gasteiger partial charge on any atom is 0.267 e. The average molecular weight is 457 g/mol. The van der Waals surface area contributed by atoms with Gasteiger partial charge in [-0.15, -0.1) is 0 Å². The maximum absolute atomic E-state index is 12.5. The summed E-state index contributed by atoms with van der Waals surface area (Å²) in [6.45, 7) is 1.98. The van der Waals surface area contributed by atoms with Gasteiger partial charge in [0.15, 0.2) is 0 Å². The minimum atomic E-state index is -0.371. The summed E-state index contributed by atoms with van der Waals surface area (Å²) in [6.07, 6.45) is 0. The van der Waals surface area contributed by atoms with E-state index in [1.54, 1.807) is 30.3 Å². The van der Waals surface area contributed by atoms with Gasteiger partial charge in [0, 0.05) is 24.2 Å². The van der Waals surface area contributed by atoms with E-state index in [9.17, 15) is 14.4 Å². The third-order valence-electron chi connectivity index (χ3n) is 5.09. The zero-order chi connectivity index (χ0) is 23.9. The molecule has 0 bridgehead atoms. The molecule has 34 heavy (non-hydrogen) atoms. The van der Waals surface area contributed by atoms with E-state index < -0.39 is 0 Å². The Morgan fingerprint density at radius 3 is 2.47 bits per heavy atom. The van der Waals surface area contributed by atoms with Gasteiger partial charge in [-0.2, -0.15) is 5.10 Å². The molecule has 172 valence electrons. The first-order valence-electron chi connectivity index (χ1n) is 10.8. The average Bonchev–Trinajstić information content (AvgIpc) is 2.84. The second-order valence-electron chi connectivity index (χ2n) is 7.68. The predicted molar refractivity (Wildman–Crippen MR) is 131 cm³/mol. The van der Waals surface area contributed by atoms with Gasteiger partial charge in [-0.1, -0.05) is 36.4 Å². The van der Waals surface area contributed by atoms with E-state index in [2.05, 4.69) is 15.7 Å². The molecule has 0 fully saturated rings. The van der Waals surface area contributed by atoms with Crippen LogP contribution in [0, 0.1) is 0 Å². The molecular weight excluding hydrogens is 432 g/mol. The molecular formula is C26H24N4O4. The van der Waals surface area contributed by atoms with Crippen molar-refractivity contribution >= 4 is 28.3 Å². The molecule has 0 saturated carbocycles. The number of hydrogen-bond acceptors (Lipinski definition) is 5. The second kappa shape index (κ2) is 10.4. The van der Waals surface area contributed by atoms with Crippen LogP contribution in [-0.2, 0) is 16.1 Å². The second-order valence-corrected chi connectivity index (χ2v) is 7.68. The molecule has 0 aliphatic carbocycles. The van der Waals surface area contributed by atoms with Crippen molar-refractivity contribution in [2.45, 2.75) is 13.5 Å². The third kappa shape index (κ3) is 5.86. The minimum absolute atomic E-state index is 0.113. The van der Waals surface area contributed by atoms with Crippen molar-refractivity contribution in [3.63, 3.8) is 0 Å². The summed E-state index contributed by atoms with van der Waals surface area (Å²) >= 11 is 0. The van der Waals surface area contributed by atoms with Crippen LogP contribution in [0.15, 0.2) is 83.7 Å². The molecule has 2 N–H and O–H groups in total. The maximum atomic E-state index is 12.5. The largest absolute Gasteiger partial charge is 0.492 e. The van der Waals surface area contributed by atoms with E-state index >= 15 is 0 Å². The van der Waals surface area contributed by atoms with Gasteiger partial charge in [0.25, 0.3) is 5.56 Å². The molecule has 4 aromatic rings. The number of benzene rings is 3. The topological polar surface area (TPSA) is 102 Å². The zero-order valence-corrected chi connectivity index (χ0v) is 18.7. The lowest BCUT2D eigenvalue weighted by atomic mass is 10.1. The number of hydrogen-bond donors (Lipinski definition) is 2. The molecule has 8 nitrogen and oxygen atoms in total. The molecule has 4 rings (SSSR count). The van der Waals surface area contributed by atoms with Gasteiger partial charge in [0.1, 0.15) is 18.9 Å². The number of carbonyl (C=O) groups is 2. The minimum Gasteiger partial charge on any atom is -0.492 e. The Labute approximate surface area is 196 Å². The highest BCUT2D eigenvalue weighted by atomic mass is 16.5. The Balaban J connectivity index is 1.40.